The van der Waals surface area contributed by atoms with Crippen LogP contribution in [0.1, 0.15) is 42.5 Å². The van der Waals surface area contributed by atoms with Crippen LogP contribution in [0.2, 0.25) is 0 Å². The van der Waals surface area contributed by atoms with Crippen molar-refractivity contribution in [3.63, 3.8) is 0 Å². The fourth-order valence-electron chi connectivity index (χ4n) is 3.00. The van der Waals surface area contributed by atoms with Gasteiger partial charge < -0.3 is 14.2 Å². The van der Waals surface area contributed by atoms with Gasteiger partial charge in [0.2, 0.25) is 0 Å². The normalized spacial score (nSPS) is 11.1. The van der Waals surface area contributed by atoms with Crippen molar-refractivity contribution in [2.45, 2.75) is 32.1 Å². The second-order valence-electron chi connectivity index (χ2n) is 7.33. The molecular weight excluding hydrogens is 376 g/mol. The van der Waals surface area contributed by atoms with Crippen LogP contribution >= 0.6 is 0 Å². The minimum absolute atomic E-state index is 0.0902. The maximum absolute atomic E-state index is 11.0. The Morgan fingerprint density at radius 2 is 1.60 bits per heavy atom. The number of carbonyl (C=O) groups is 1. The Bertz CT molecular complexity index is 846. The van der Waals surface area contributed by atoms with Gasteiger partial charge in [-0.2, -0.15) is 0 Å². The van der Waals surface area contributed by atoms with E-state index < -0.39 is 6.16 Å². The molecule has 0 unspecified atom stereocenters. The molecule has 0 aliphatic carbocycles. The molecule has 0 atom stereocenters. The number of hydrogen-bond acceptors (Lipinski definition) is 4. The van der Waals surface area contributed by atoms with Gasteiger partial charge in [-0.25, -0.2) is 4.79 Å². The zero-order valence-electron chi connectivity index (χ0n) is 17.8. The third-order valence-electron chi connectivity index (χ3n) is 4.90. The van der Waals surface area contributed by atoms with Crippen molar-refractivity contribution in [3.05, 3.63) is 103 Å². The molecule has 2 rings (SSSR count). The highest BCUT2D eigenvalue weighted by Crippen LogP contribution is 2.32. The van der Waals surface area contributed by atoms with Crippen LogP contribution in [-0.4, -0.2) is 19.4 Å². The molecule has 0 saturated carbocycles. The Morgan fingerprint density at radius 1 is 0.967 bits per heavy atom. The van der Waals surface area contributed by atoms with Gasteiger partial charge in [0.1, 0.15) is 13.2 Å². The molecule has 2 aromatic carbocycles. The molecular formula is C26H30O4. The topological polar surface area (TPSA) is 44.8 Å². The maximum Gasteiger partial charge on any atom is 0.513 e. The Labute approximate surface area is 179 Å². The van der Waals surface area contributed by atoms with E-state index in [2.05, 4.69) is 80.3 Å². The average Bonchev–Trinajstić information content (AvgIpc) is 2.75. The van der Waals surface area contributed by atoms with Crippen molar-refractivity contribution >= 4 is 12.2 Å². The average molecular weight is 407 g/mol. The van der Waals surface area contributed by atoms with E-state index in [0.29, 0.717) is 0 Å². The van der Waals surface area contributed by atoms with Gasteiger partial charge in [0.05, 0.1) is 12.5 Å². The second kappa shape index (κ2) is 11.7. The van der Waals surface area contributed by atoms with Crippen LogP contribution in [-0.2, 0) is 26.0 Å². The SMILES string of the molecule is C=CCCc1ccc(C(C)(C)c2ccc(/C=C/OCCOC(=O)OC=C)cc2)cc1. The Morgan fingerprint density at radius 3 is 2.20 bits per heavy atom. The van der Waals surface area contributed by atoms with Gasteiger partial charge in [-0.15, -0.1) is 6.58 Å². The Balaban J connectivity index is 1.90. The lowest BCUT2D eigenvalue weighted by molar-refractivity contribution is 0.0659. The molecule has 0 aliphatic heterocycles. The summed E-state index contributed by atoms with van der Waals surface area (Å²) in [6.45, 7) is 11.9. The van der Waals surface area contributed by atoms with Crippen molar-refractivity contribution in [1.29, 1.82) is 0 Å². The lowest BCUT2D eigenvalue weighted by Crippen LogP contribution is -2.18. The fraction of sp³-hybridized carbons (Fsp3) is 0.269. The highest BCUT2D eigenvalue weighted by atomic mass is 16.7. The van der Waals surface area contributed by atoms with Gasteiger partial charge in [0, 0.05) is 5.41 Å². The van der Waals surface area contributed by atoms with E-state index in [1.54, 1.807) is 6.26 Å². The molecule has 0 aliphatic rings. The zero-order valence-corrected chi connectivity index (χ0v) is 17.8. The third kappa shape index (κ3) is 6.96. The van der Waals surface area contributed by atoms with Crippen LogP contribution in [0.25, 0.3) is 6.08 Å². The van der Waals surface area contributed by atoms with Crippen molar-refractivity contribution in [3.8, 4) is 0 Å². The highest BCUT2D eigenvalue weighted by Gasteiger charge is 2.22. The van der Waals surface area contributed by atoms with Crippen molar-refractivity contribution in [1.82, 2.24) is 0 Å². The van der Waals surface area contributed by atoms with Gasteiger partial charge in [0.25, 0.3) is 0 Å². The summed E-state index contributed by atoms with van der Waals surface area (Å²) in [6.07, 6.45) is 7.66. The minimum atomic E-state index is -0.790. The number of ether oxygens (including phenoxy) is 3. The largest absolute Gasteiger partial charge is 0.513 e. The van der Waals surface area contributed by atoms with E-state index >= 15 is 0 Å². The molecule has 0 fully saturated rings. The monoisotopic (exact) mass is 406 g/mol. The number of hydrogen-bond donors (Lipinski definition) is 0. The third-order valence-corrected chi connectivity index (χ3v) is 4.90. The molecule has 0 amide bonds. The molecule has 0 bridgehead atoms. The van der Waals surface area contributed by atoms with Crippen molar-refractivity contribution < 1.29 is 19.0 Å². The Kier molecular flexibility index (Phi) is 8.95. The second-order valence-corrected chi connectivity index (χ2v) is 7.33. The summed E-state index contributed by atoms with van der Waals surface area (Å²) >= 11 is 0. The predicted octanol–water partition coefficient (Wildman–Crippen LogP) is 6.42. The summed E-state index contributed by atoms with van der Waals surface area (Å²) in [5.41, 5.74) is 4.80. The number of rotatable bonds is 11. The molecule has 0 aromatic heterocycles. The first-order chi connectivity index (χ1) is 14.5. The first-order valence-electron chi connectivity index (χ1n) is 10.0. The molecule has 4 nitrogen and oxygen atoms in total. The summed E-state index contributed by atoms with van der Waals surface area (Å²) in [5.74, 6) is 0. The van der Waals surface area contributed by atoms with Crippen LogP contribution in [0, 0.1) is 0 Å². The quantitative estimate of drug-likeness (QED) is 0.187. The number of allylic oxidation sites excluding steroid dienone is 1. The zero-order chi connectivity index (χ0) is 21.8. The molecule has 0 spiro atoms. The van der Waals surface area contributed by atoms with E-state index in [-0.39, 0.29) is 18.6 Å². The summed E-state index contributed by atoms with van der Waals surface area (Å²) in [4.78, 5) is 11.0. The Hall–Kier alpha value is -3.27. The fourth-order valence-corrected chi connectivity index (χ4v) is 3.00. The maximum atomic E-state index is 11.0. The van der Waals surface area contributed by atoms with E-state index in [1.807, 2.05) is 12.2 Å². The molecule has 2 aromatic rings. The summed E-state index contributed by atoms with van der Waals surface area (Å²) < 4.78 is 14.5. The molecule has 0 saturated heterocycles. The van der Waals surface area contributed by atoms with Crippen LogP contribution in [0.3, 0.4) is 0 Å². The van der Waals surface area contributed by atoms with Crippen LogP contribution in [0.4, 0.5) is 4.79 Å². The lowest BCUT2D eigenvalue weighted by Gasteiger charge is -2.26. The van der Waals surface area contributed by atoms with Gasteiger partial charge in [-0.05, 0) is 41.2 Å². The van der Waals surface area contributed by atoms with Crippen molar-refractivity contribution in [2.75, 3.05) is 13.2 Å². The number of benzene rings is 2. The molecule has 158 valence electrons. The molecule has 4 heteroatoms. The molecule has 30 heavy (non-hydrogen) atoms. The van der Waals surface area contributed by atoms with E-state index in [0.717, 1.165) is 24.7 Å². The summed E-state index contributed by atoms with van der Waals surface area (Å²) in [7, 11) is 0. The lowest BCUT2D eigenvalue weighted by atomic mass is 9.77. The van der Waals surface area contributed by atoms with E-state index in [1.165, 1.54) is 16.7 Å². The first kappa shape index (κ1) is 23.0. The number of aryl methyl sites for hydroxylation is 1. The van der Waals surface area contributed by atoms with Gasteiger partial charge >= 0.3 is 6.16 Å². The van der Waals surface area contributed by atoms with Gasteiger partial charge in [-0.3, -0.25) is 0 Å². The summed E-state index contributed by atoms with van der Waals surface area (Å²) in [6, 6.07) is 17.2. The van der Waals surface area contributed by atoms with Crippen LogP contribution in [0.15, 0.2) is 80.3 Å². The van der Waals surface area contributed by atoms with E-state index in [9.17, 15) is 4.79 Å². The van der Waals surface area contributed by atoms with Crippen LogP contribution < -0.4 is 0 Å². The number of carbonyl (C=O) groups excluding carboxylic acids is 1. The molecule has 0 radical (unpaired) electrons. The van der Waals surface area contributed by atoms with Crippen molar-refractivity contribution in [2.24, 2.45) is 0 Å². The van der Waals surface area contributed by atoms with Gasteiger partial charge in [-0.1, -0.05) is 75.0 Å². The van der Waals surface area contributed by atoms with Gasteiger partial charge in [0.15, 0.2) is 0 Å². The highest BCUT2D eigenvalue weighted by molar-refractivity contribution is 5.60. The van der Waals surface area contributed by atoms with Crippen LogP contribution in [0.5, 0.6) is 0 Å². The molecule has 0 heterocycles. The summed E-state index contributed by atoms with van der Waals surface area (Å²) in [5, 5.41) is 0. The molecule has 0 N–H and O–H groups in total. The smallest absolute Gasteiger partial charge is 0.498 e. The van der Waals surface area contributed by atoms with E-state index in [4.69, 9.17) is 9.47 Å². The predicted molar refractivity (Wildman–Crippen MR) is 121 cm³/mol. The first-order valence-corrected chi connectivity index (χ1v) is 10.0. The standard InChI is InChI=1S/C26H30O4/c1-5-7-8-21-9-13-23(14-10-21)26(3,4)24-15-11-22(12-16-24)17-18-28-19-20-30-25(27)29-6-2/h5-6,9-18H,1-2,7-8,19-20H2,3-4H3/b18-17+. The minimum Gasteiger partial charge on any atom is -0.498 e.